The van der Waals surface area contributed by atoms with Crippen molar-refractivity contribution in [3.05, 3.63) is 23.9 Å². The molecular formula is C12H18N2O2S. The molecule has 94 valence electrons. The summed E-state index contributed by atoms with van der Waals surface area (Å²) in [6, 6.07) is 3.49. The first-order valence-corrected chi connectivity index (χ1v) is 7.22. The normalized spacial score (nSPS) is 17.8. The van der Waals surface area contributed by atoms with Crippen molar-refractivity contribution < 1.29 is 8.42 Å². The van der Waals surface area contributed by atoms with Gasteiger partial charge in [-0.2, -0.15) is 0 Å². The number of hydrogen-bond acceptors (Lipinski definition) is 4. The average Bonchev–Trinajstić information content (AvgIpc) is 2.14. The van der Waals surface area contributed by atoms with Crippen LogP contribution in [0.1, 0.15) is 32.3 Å². The summed E-state index contributed by atoms with van der Waals surface area (Å²) in [6.45, 7) is 6.97. The summed E-state index contributed by atoms with van der Waals surface area (Å²) in [5, 5.41) is 3.35. The smallest absolute Gasteiger partial charge is 0.200 e. The van der Waals surface area contributed by atoms with E-state index >= 15 is 0 Å². The minimum atomic E-state index is -3.33. The summed E-state index contributed by atoms with van der Waals surface area (Å²) in [5.74, 6) is 0.480. The van der Waals surface area contributed by atoms with Crippen molar-refractivity contribution in [3.63, 3.8) is 0 Å². The Morgan fingerprint density at radius 2 is 1.94 bits per heavy atom. The van der Waals surface area contributed by atoms with Gasteiger partial charge < -0.3 is 5.32 Å². The highest BCUT2D eigenvalue weighted by molar-refractivity contribution is 7.92. The molecule has 1 N–H and O–H groups in total. The highest BCUT2D eigenvalue weighted by Gasteiger charge is 2.32. The predicted molar refractivity (Wildman–Crippen MR) is 66.8 cm³/mol. The molecule has 0 aliphatic carbocycles. The Morgan fingerprint density at radius 3 is 2.29 bits per heavy atom. The molecule has 17 heavy (non-hydrogen) atoms. The van der Waals surface area contributed by atoms with Crippen LogP contribution in [0.15, 0.2) is 23.4 Å². The summed E-state index contributed by atoms with van der Waals surface area (Å²) in [6.07, 6.45) is 1.68. The second kappa shape index (κ2) is 4.07. The van der Waals surface area contributed by atoms with Gasteiger partial charge in [-0.1, -0.05) is 6.07 Å². The van der Waals surface area contributed by atoms with E-state index < -0.39 is 14.6 Å². The lowest BCUT2D eigenvalue weighted by Gasteiger charge is -2.27. The minimum absolute atomic E-state index is 0.168. The van der Waals surface area contributed by atoms with Crippen LogP contribution in [0.3, 0.4) is 0 Å². The highest BCUT2D eigenvalue weighted by atomic mass is 32.2. The fraction of sp³-hybridized carbons (Fsp3) is 0.583. The summed E-state index contributed by atoms with van der Waals surface area (Å²) in [7, 11) is -3.33. The number of nitrogens with one attached hydrogen (secondary N) is 1. The van der Waals surface area contributed by atoms with Gasteiger partial charge in [0.05, 0.1) is 4.75 Å². The molecule has 1 aliphatic rings. The molecule has 0 unspecified atom stereocenters. The van der Waals surface area contributed by atoms with Gasteiger partial charge in [-0.25, -0.2) is 13.4 Å². The average molecular weight is 254 g/mol. The zero-order valence-corrected chi connectivity index (χ0v) is 11.2. The van der Waals surface area contributed by atoms with Crippen molar-refractivity contribution in [3.8, 4) is 0 Å². The monoisotopic (exact) mass is 254 g/mol. The van der Waals surface area contributed by atoms with E-state index in [-0.39, 0.29) is 5.03 Å². The predicted octanol–water partition coefficient (Wildman–Crippen LogP) is 1.34. The third-order valence-corrected chi connectivity index (χ3v) is 5.50. The van der Waals surface area contributed by atoms with Crippen molar-refractivity contribution in [2.45, 2.75) is 36.5 Å². The van der Waals surface area contributed by atoms with E-state index in [1.54, 1.807) is 33.0 Å². The van der Waals surface area contributed by atoms with Crippen LogP contribution in [0.25, 0.3) is 0 Å². The number of pyridine rings is 1. The maximum absolute atomic E-state index is 12.1. The molecule has 0 amide bonds. The number of sulfone groups is 1. The Kier molecular flexibility index (Phi) is 2.99. The van der Waals surface area contributed by atoms with E-state index in [2.05, 4.69) is 10.3 Å². The lowest BCUT2D eigenvalue weighted by molar-refractivity contribution is 0.447. The summed E-state index contributed by atoms with van der Waals surface area (Å²) in [4.78, 5) is 4.10. The summed E-state index contributed by atoms with van der Waals surface area (Å²) >= 11 is 0. The van der Waals surface area contributed by atoms with Gasteiger partial charge >= 0.3 is 0 Å². The van der Waals surface area contributed by atoms with Gasteiger partial charge in [0, 0.05) is 25.2 Å². The van der Waals surface area contributed by atoms with Crippen molar-refractivity contribution >= 4 is 9.84 Å². The third-order valence-electron chi connectivity index (χ3n) is 3.09. The summed E-state index contributed by atoms with van der Waals surface area (Å²) < 4.78 is 23.5. The van der Waals surface area contributed by atoms with Crippen LogP contribution in [0.4, 0.5) is 0 Å². The Hall–Kier alpha value is -0.940. The fourth-order valence-electron chi connectivity index (χ4n) is 1.63. The van der Waals surface area contributed by atoms with E-state index in [1.165, 1.54) is 0 Å². The van der Waals surface area contributed by atoms with E-state index in [9.17, 15) is 8.42 Å². The zero-order chi connectivity index (χ0) is 12.7. The topological polar surface area (TPSA) is 59.1 Å². The molecular weight excluding hydrogens is 236 g/mol. The van der Waals surface area contributed by atoms with E-state index in [0.717, 1.165) is 18.7 Å². The van der Waals surface area contributed by atoms with Crippen LogP contribution in [-0.4, -0.2) is 31.2 Å². The third kappa shape index (κ3) is 2.21. The van der Waals surface area contributed by atoms with Crippen LogP contribution < -0.4 is 5.32 Å². The SMILES string of the molecule is CC(C)(C)S(=O)(=O)c1ccc(C2CNC2)cn1. The number of aromatic nitrogens is 1. The fourth-order valence-corrected chi connectivity index (χ4v) is 2.70. The molecule has 1 fully saturated rings. The maximum Gasteiger partial charge on any atom is 0.200 e. The molecule has 1 aromatic heterocycles. The van der Waals surface area contributed by atoms with Crippen molar-refractivity contribution in [2.75, 3.05) is 13.1 Å². The first-order valence-electron chi connectivity index (χ1n) is 5.74. The first kappa shape index (κ1) is 12.5. The molecule has 0 bridgehead atoms. The molecule has 5 heteroatoms. The second-order valence-electron chi connectivity index (χ2n) is 5.40. The largest absolute Gasteiger partial charge is 0.315 e. The molecule has 0 saturated carbocycles. The molecule has 1 saturated heterocycles. The molecule has 0 spiro atoms. The quantitative estimate of drug-likeness (QED) is 0.865. The maximum atomic E-state index is 12.1. The molecule has 1 aliphatic heterocycles. The molecule has 0 atom stereocenters. The van der Waals surface area contributed by atoms with Crippen LogP contribution >= 0.6 is 0 Å². The van der Waals surface area contributed by atoms with Gasteiger partial charge in [-0.15, -0.1) is 0 Å². The van der Waals surface area contributed by atoms with Gasteiger partial charge in [-0.3, -0.25) is 0 Å². The molecule has 1 aromatic rings. The van der Waals surface area contributed by atoms with Crippen LogP contribution in [0.2, 0.25) is 0 Å². The van der Waals surface area contributed by atoms with Crippen LogP contribution in [0, 0.1) is 0 Å². The lowest BCUT2D eigenvalue weighted by atomic mass is 9.96. The molecule has 4 nitrogen and oxygen atoms in total. The number of hydrogen-bond donors (Lipinski definition) is 1. The van der Waals surface area contributed by atoms with Gasteiger partial charge in [0.1, 0.15) is 0 Å². The standard InChI is InChI=1S/C12H18N2O2S/c1-12(2,3)17(15,16)11-5-4-9(8-14-11)10-6-13-7-10/h4-5,8,10,13H,6-7H2,1-3H3. The first-order chi connectivity index (χ1) is 7.82. The zero-order valence-electron chi connectivity index (χ0n) is 10.4. The Morgan fingerprint density at radius 1 is 1.29 bits per heavy atom. The van der Waals surface area contributed by atoms with E-state index in [0.29, 0.717) is 5.92 Å². The number of rotatable bonds is 2. The van der Waals surface area contributed by atoms with Gasteiger partial charge in [-0.05, 0) is 32.4 Å². The lowest BCUT2D eigenvalue weighted by Crippen LogP contribution is -2.40. The molecule has 0 aromatic carbocycles. The van der Waals surface area contributed by atoms with Crippen LogP contribution in [0.5, 0.6) is 0 Å². The Balaban J connectivity index is 2.29. The Labute approximate surface area is 102 Å². The molecule has 2 rings (SSSR count). The van der Waals surface area contributed by atoms with Crippen LogP contribution in [-0.2, 0) is 9.84 Å². The Bertz CT molecular complexity index is 496. The highest BCUT2D eigenvalue weighted by Crippen LogP contribution is 2.25. The molecule has 0 radical (unpaired) electrons. The van der Waals surface area contributed by atoms with Crippen molar-refractivity contribution in [1.82, 2.24) is 10.3 Å². The van der Waals surface area contributed by atoms with Gasteiger partial charge in [0.2, 0.25) is 0 Å². The van der Waals surface area contributed by atoms with Crippen molar-refractivity contribution in [2.24, 2.45) is 0 Å². The van der Waals surface area contributed by atoms with Crippen molar-refractivity contribution in [1.29, 1.82) is 0 Å². The minimum Gasteiger partial charge on any atom is -0.315 e. The summed E-state index contributed by atoms with van der Waals surface area (Å²) in [5.41, 5.74) is 1.11. The van der Waals surface area contributed by atoms with Gasteiger partial charge in [0.15, 0.2) is 14.9 Å². The van der Waals surface area contributed by atoms with E-state index in [4.69, 9.17) is 0 Å². The van der Waals surface area contributed by atoms with Gasteiger partial charge in [0.25, 0.3) is 0 Å². The molecule has 2 heterocycles. The second-order valence-corrected chi connectivity index (χ2v) is 8.05. The van der Waals surface area contributed by atoms with E-state index in [1.807, 2.05) is 6.07 Å². The number of nitrogens with zero attached hydrogens (tertiary/aromatic N) is 1.